The highest BCUT2D eigenvalue weighted by Gasteiger charge is 2.19. The van der Waals surface area contributed by atoms with Crippen LogP contribution >= 0.6 is 15.9 Å². The van der Waals surface area contributed by atoms with Crippen molar-refractivity contribution in [2.24, 2.45) is 7.05 Å². The third-order valence-electron chi connectivity index (χ3n) is 3.71. The fourth-order valence-electron chi connectivity index (χ4n) is 2.59. The second kappa shape index (κ2) is 7.18. The van der Waals surface area contributed by atoms with E-state index in [4.69, 9.17) is 0 Å². The number of benzene rings is 1. The van der Waals surface area contributed by atoms with Crippen LogP contribution in [-0.2, 0) is 19.9 Å². The molecule has 114 valence electrons. The molecule has 0 aliphatic rings. The predicted octanol–water partition coefficient (Wildman–Crippen LogP) is 3.43. The van der Waals surface area contributed by atoms with E-state index in [9.17, 15) is 4.39 Å². The first-order valence-electron chi connectivity index (χ1n) is 7.17. The van der Waals surface area contributed by atoms with Crippen molar-refractivity contribution in [3.63, 3.8) is 0 Å². The van der Waals surface area contributed by atoms with Crippen molar-refractivity contribution in [2.45, 2.75) is 25.7 Å². The lowest BCUT2D eigenvalue weighted by molar-refractivity contribution is 0.579. The SMILES string of the molecule is CCc1nn(C)c(CC(CNC)c2cccc(F)c2)c1Br. The number of aromatic nitrogens is 2. The average Bonchev–Trinajstić information content (AvgIpc) is 2.74. The molecule has 0 saturated carbocycles. The minimum absolute atomic E-state index is 0.188. The number of halogens is 2. The van der Waals surface area contributed by atoms with Crippen LogP contribution in [0, 0.1) is 5.82 Å². The summed E-state index contributed by atoms with van der Waals surface area (Å²) in [6.07, 6.45) is 1.71. The van der Waals surface area contributed by atoms with Crippen LogP contribution in [0.2, 0.25) is 0 Å². The van der Waals surface area contributed by atoms with Gasteiger partial charge in [-0.25, -0.2) is 4.39 Å². The fraction of sp³-hybridized carbons (Fsp3) is 0.438. The van der Waals surface area contributed by atoms with E-state index in [0.717, 1.165) is 40.8 Å². The van der Waals surface area contributed by atoms with Crippen LogP contribution in [0.3, 0.4) is 0 Å². The molecule has 1 atom stereocenters. The Bertz CT molecular complexity index is 610. The number of likely N-dealkylation sites (N-methyl/N-ethyl adjacent to an activating group) is 1. The molecule has 1 aromatic heterocycles. The molecule has 0 radical (unpaired) electrons. The Labute approximate surface area is 133 Å². The van der Waals surface area contributed by atoms with E-state index in [1.54, 1.807) is 12.1 Å². The molecule has 3 nitrogen and oxygen atoms in total. The van der Waals surface area contributed by atoms with Gasteiger partial charge >= 0.3 is 0 Å². The molecular weight excluding hydrogens is 333 g/mol. The van der Waals surface area contributed by atoms with Gasteiger partial charge in [-0.1, -0.05) is 19.1 Å². The Hall–Kier alpha value is -1.20. The Morgan fingerprint density at radius 2 is 2.19 bits per heavy atom. The molecule has 1 N–H and O–H groups in total. The minimum atomic E-state index is -0.188. The van der Waals surface area contributed by atoms with Crippen molar-refractivity contribution >= 4 is 15.9 Å². The molecule has 1 heterocycles. The van der Waals surface area contributed by atoms with E-state index in [1.165, 1.54) is 6.07 Å². The smallest absolute Gasteiger partial charge is 0.123 e. The zero-order valence-corrected chi connectivity index (χ0v) is 14.2. The van der Waals surface area contributed by atoms with Gasteiger partial charge in [0.05, 0.1) is 15.9 Å². The first-order chi connectivity index (χ1) is 10.1. The van der Waals surface area contributed by atoms with Gasteiger partial charge in [0.25, 0.3) is 0 Å². The highest BCUT2D eigenvalue weighted by molar-refractivity contribution is 9.10. The molecule has 1 aromatic carbocycles. The van der Waals surface area contributed by atoms with Crippen molar-refractivity contribution in [2.75, 3.05) is 13.6 Å². The Morgan fingerprint density at radius 3 is 2.76 bits per heavy atom. The van der Waals surface area contributed by atoms with Crippen molar-refractivity contribution in [3.05, 3.63) is 51.5 Å². The summed E-state index contributed by atoms with van der Waals surface area (Å²) in [5.41, 5.74) is 3.22. The Morgan fingerprint density at radius 1 is 1.43 bits per heavy atom. The molecule has 1 unspecified atom stereocenters. The lowest BCUT2D eigenvalue weighted by Gasteiger charge is -2.17. The number of nitrogens with one attached hydrogen (secondary N) is 1. The van der Waals surface area contributed by atoms with E-state index in [-0.39, 0.29) is 11.7 Å². The fourth-order valence-corrected chi connectivity index (χ4v) is 3.37. The second-order valence-electron chi connectivity index (χ2n) is 5.20. The molecular formula is C16H21BrFN3. The van der Waals surface area contributed by atoms with E-state index in [2.05, 4.69) is 33.3 Å². The largest absolute Gasteiger partial charge is 0.319 e. The summed E-state index contributed by atoms with van der Waals surface area (Å²) >= 11 is 3.65. The normalized spacial score (nSPS) is 12.6. The predicted molar refractivity (Wildman–Crippen MR) is 87.1 cm³/mol. The Balaban J connectivity index is 2.30. The maximum Gasteiger partial charge on any atom is 0.123 e. The summed E-state index contributed by atoms with van der Waals surface area (Å²) in [4.78, 5) is 0. The molecule has 2 rings (SSSR count). The number of rotatable bonds is 6. The number of hydrogen-bond donors (Lipinski definition) is 1. The van der Waals surface area contributed by atoms with Gasteiger partial charge in [0.15, 0.2) is 0 Å². The van der Waals surface area contributed by atoms with Gasteiger partial charge < -0.3 is 5.32 Å². The number of aryl methyl sites for hydroxylation is 2. The summed E-state index contributed by atoms with van der Waals surface area (Å²) < 4.78 is 16.5. The molecule has 2 aromatic rings. The van der Waals surface area contributed by atoms with Gasteiger partial charge in [-0.05, 0) is 53.5 Å². The third kappa shape index (κ3) is 3.71. The van der Waals surface area contributed by atoms with Crippen LogP contribution in [-0.4, -0.2) is 23.4 Å². The van der Waals surface area contributed by atoms with Crippen LogP contribution in [0.4, 0.5) is 4.39 Å². The number of hydrogen-bond acceptors (Lipinski definition) is 2. The van der Waals surface area contributed by atoms with E-state index in [1.807, 2.05) is 24.8 Å². The summed E-state index contributed by atoms with van der Waals surface area (Å²) in [6.45, 7) is 2.89. The summed E-state index contributed by atoms with van der Waals surface area (Å²) in [5, 5.41) is 7.73. The zero-order chi connectivity index (χ0) is 15.4. The van der Waals surface area contributed by atoms with E-state index in [0.29, 0.717) is 0 Å². The third-order valence-corrected chi connectivity index (χ3v) is 4.63. The number of nitrogens with zero attached hydrogens (tertiary/aromatic N) is 2. The molecule has 0 aliphatic heterocycles. The van der Waals surface area contributed by atoms with Crippen LogP contribution in [0.15, 0.2) is 28.7 Å². The van der Waals surface area contributed by atoms with Crippen molar-refractivity contribution in [1.29, 1.82) is 0 Å². The average molecular weight is 354 g/mol. The molecule has 21 heavy (non-hydrogen) atoms. The molecule has 0 saturated heterocycles. The van der Waals surface area contributed by atoms with Gasteiger partial charge in [0, 0.05) is 19.5 Å². The van der Waals surface area contributed by atoms with Crippen molar-refractivity contribution < 1.29 is 4.39 Å². The van der Waals surface area contributed by atoms with E-state index >= 15 is 0 Å². The first kappa shape index (κ1) is 16.2. The highest BCUT2D eigenvalue weighted by Crippen LogP contribution is 2.28. The monoisotopic (exact) mass is 353 g/mol. The van der Waals surface area contributed by atoms with Crippen LogP contribution in [0.5, 0.6) is 0 Å². The van der Waals surface area contributed by atoms with Gasteiger partial charge in [0.1, 0.15) is 5.82 Å². The van der Waals surface area contributed by atoms with Gasteiger partial charge in [0.2, 0.25) is 0 Å². The molecule has 0 spiro atoms. The van der Waals surface area contributed by atoms with Crippen molar-refractivity contribution in [3.8, 4) is 0 Å². The molecule has 0 bridgehead atoms. The van der Waals surface area contributed by atoms with Crippen LogP contribution < -0.4 is 5.32 Å². The second-order valence-corrected chi connectivity index (χ2v) is 5.99. The summed E-state index contributed by atoms with van der Waals surface area (Å²) in [5.74, 6) is 0.0222. The lowest BCUT2D eigenvalue weighted by atomic mass is 9.94. The standard InChI is InChI=1S/C16H21BrFN3/c1-4-14-16(17)15(21(3)20-14)9-12(10-19-2)11-6-5-7-13(18)8-11/h5-8,12,19H,4,9-10H2,1-3H3. The van der Waals surface area contributed by atoms with Crippen LogP contribution in [0.25, 0.3) is 0 Å². The topological polar surface area (TPSA) is 29.9 Å². The quantitative estimate of drug-likeness (QED) is 0.861. The van der Waals surface area contributed by atoms with Gasteiger partial charge in [-0.2, -0.15) is 5.10 Å². The maximum atomic E-state index is 13.5. The summed E-state index contributed by atoms with van der Waals surface area (Å²) in [6, 6.07) is 6.85. The van der Waals surface area contributed by atoms with E-state index < -0.39 is 0 Å². The first-order valence-corrected chi connectivity index (χ1v) is 7.96. The van der Waals surface area contributed by atoms with Crippen LogP contribution in [0.1, 0.15) is 29.8 Å². The van der Waals surface area contributed by atoms with Crippen molar-refractivity contribution in [1.82, 2.24) is 15.1 Å². The maximum absolute atomic E-state index is 13.5. The molecule has 5 heteroatoms. The molecule has 0 fully saturated rings. The van der Waals surface area contributed by atoms with Gasteiger partial charge in [-0.15, -0.1) is 0 Å². The zero-order valence-electron chi connectivity index (χ0n) is 12.7. The molecule has 0 amide bonds. The summed E-state index contributed by atoms with van der Waals surface area (Å²) in [7, 11) is 3.88. The lowest BCUT2D eigenvalue weighted by Crippen LogP contribution is -2.20. The highest BCUT2D eigenvalue weighted by atomic mass is 79.9. The van der Waals surface area contributed by atoms with Gasteiger partial charge in [-0.3, -0.25) is 4.68 Å². The minimum Gasteiger partial charge on any atom is -0.319 e. The Kier molecular flexibility index (Phi) is 5.53. The molecule has 0 aliphatic carbocycles.